The Balaban J connectivity index is 1.43. The second kappa shape index (κ2) is 8.54. The molecule has 2 aliphatic heterocycles. The van der Waals surface area contributed by atoms with Crippen LogP contribution in [-0.4, -0.2) is 47.6 Å². The van der Waals surface area contributed by atoms with Gasteiger partial charge in [0, 0.05) is 25.8 Å². The number of aromatic nitrogens is 2. The Kier molecular flexibility index (Phi) is 5.69. The third-order valence-corrected chi connectivity index (χ3v) is 5.46. The summed E-state index contributed by atoms with van der Waals surface area (Å²) in [5.41, 5.74) is 0. The van der Waals surface area contributed by atoms with Crippen molar-refractivity contribution in [1.29, 1.82) is 0 Å². The second-order valence-corrected chi connectivity index (χ2v) is 7.30. The number of piperidine rings is 2. The zero-order valence-corrected chi connectivity index (χ0v) is 15.4. The molecule has 2 fully saturated rings. The number of hydrogen-bond acceptors (Lipinski definition) is 6. The topological polar surface area (TPSA) is 57.4 Å². The van der Waals surface area contributed by atoms with Gasteiger partial charge >= 0.3 is 0 Å². The lowest BCUT2D eigenvalue weighted by Crippen LogP contribution is -2.37. The molecule has 2 saturated heterocycles. The maximum atomic E-state index is 5.73. The molecule has 4 rings (SSSR count). The normalized spacial score (nSPS) is 20.1. The van der Waals surface area contributed by atoms with Gasteiger partial charge in [-0.05, 0) is 63.4 Å². The molecule has 2 aliphatic rings. The average molecular weight is 355 g/mol. The molecule has 2 aromatic heterocycles. The van der Waals surface area contributed by atoms with Gasteiger partial charge in [0.15, 0.2) is 0 Å². The zero-order valence-electron chi connectivity index (χ0n) is 15.4. The van der Waals surface area contributed by atoms with E-state index in [0.29, 0.717) is 0 Å². The lowest BCUT2D eigenvalue weighted by Gasteiger charge is -2.33. The lowest BCUT2D eigenvalue weighted by atomic mass is 10.1. The van der Waals surface area contributed by atoms with Crippen LogP contribution in [0.15, 0.2) is 35.1 Å². The van der Waals surface area contributed by atoms with E-state index >= 15 is 0 Å². The van der Waals surface area contributed by atoms with Crippen LogP contribution in [0.25, 0.3) is 0 Å². The Labute approximate surface area is 155 Å². The van der Waals surface area contributed by atoms with E-state index < -0.39 is 0 Å². The van der Waals surface area contributed by atoms with Crippen LogP contribution in [0.3, 0.4) is 0 Å². The van der Waals surface area contributed by atoms with E-state index in [-0.39, 0.29) is 6.04 Å². The first kappa shape index (κ1) is 17.3. The summed E-state index contributed by atoms with van der Waals surface area (Å²) in [6, 6.07) is 6.27. The van der Waals surface area contributed by atoms with Gasteiger partial charge < -0.3 is 14.6 Å². The van der Waals surface area contributed by atoms with Gasteiger partial charge in [0.2, 0.25) is 5.95 Å². The minimum atomic E-state index is 0.249. The van der Waals surface area contributed by atoms with Gasteiger partial charge in [-0.25, -0.2) is 4.98 Å². The summed E-state index contributed by atoms with van der Waals surface area (Å²) in [5, 5.41) is 3.53. The molecule has 0 spiro atoms. The van der Waals surface area contributed by atoms with E-state index in [1.807, 2.05) is 18.3 Å². The number of hydrogen-bond donors (Lipinski definition) is 1. The molecule has 26 heavy (non-hydrogen) atoms. The van der Waals surface area contributed by atoms with E-state index in [1.54, 1.807) is 6.26 Å². The Morgan fingerprint density at radius 3 is 2.50 bits per heavy atom. The summed E-state index contributed by atoms with van der Waals surface area (Å²) in [7, 11) is 0. The van der Waals surface area contributed by atoms with Crippen LogP contribution in [0.2, 0.25) is 0 Å². The van der Waals surface area contributed by atoms with Crippen molar-refractivity contribution in [3.8, 4) is 0 Å². The third-order valence-electron chi connectivity index (χ3n) is 5.46. The summed E-state index contributed by atoms with van der Waals surface area (Å²) in [6.45, 7) is 5.19. The molecule has 140 valence electrons. The molecule has 2 aromatic rings. The van der Waals surface area contributed by atoms with E-state index in [0.717, 1.165) is 50.3 Å². The molecule has 0 bridgehead atoms. The second-order valence-electron chi connectivity index (χ2n) is 7.30. The van der Waals surface area contributed by atoms with Crippen molar-refractivity contribution in [3.63, 3.8) is 0 Å². The van der Waals surface area contributed by atoms with Crippen molar-refractivity contribution in [1.82, 2.24) is 14.9 Å². The number of anilines is 2. The summed E-state index contributed by atoms with van der Waals surface area (Å²) in [6.07, 6.45) is 11.3. The van der Waals surface area contributed by atoms with Gasteiger partial charge in [-0.2, -0.15) is 4.98 Å². The third kappa shape index (κ3) is 4.18. The fourth-order valence-electron chi connectivity index (χ4n) is 4.01. The molecule has 6 heteroatoms. The van der Waals surface area contributed by atoms with Gasteiger partial charge in [-0.3, -0.25) is 4.90 Å². The van der Waals surface area contributed by atoms with Gasteiger partial charge in [0.05, 0.1) is 12.3 Å². The highest BCUT2D eigenvalue weighted by atomic mass is 16.3. The molecule has 1 unspecified atom stereocenters. The van der Waals surface area contributed by atoms with Crippen LogP contribution >= 0.6 is 0 Å². The average Bonchev–Trinajstić information content (AvgIpc) is 3.24. The Bertz CT molecular complexity index is 663. The minimum Gasteiger partial charge on any atom is -0.468 e. The van der Waals surface area contributed by atoms with Crippen LogP contribution in [0, 0.1) is 0 Å². The number of nitrogens with one attached hydrogen (secondary N) is 1. The highest BCUT2D eigenvalue weighted by Gasteiger charge is 2.24. The molecule has 4 heterocycles. The standard InChI is InChI=1S/C20H29N5O/c1-3-11-24(12-4-1)17(18-8-7-15-26-18)16-22-19-9-10-21-20(23-19)25-13-5-2-6-14-25/h7-10,15,17H,1-6,11-14,16H2,(H,21,22,23). The SMILES string of the molecule is c1coc(C(CNc2ccnc(N3CCCCC3)n2)N2CCCCC2)c1. The summed E-state index contributed by atoms with van der Waals surface area (Å²) in [4.78, 5) is 14.1. The number of rotatable bonds is 6. The fraction of sp³-hybridized carbons (Fsp3) is 0.600. The van der Waals surface area contributed by atoms with Crippen LogP contribution in [0.5, 0.6) is 0 Å². The molecule has 0 aliphatic carbocycles. The molecular formula is C20H29N5O. The minimum absolute atomic E-state index is 0.249. The van der Waals surface area contributed by atoms with Crippen molar-refractivity contribution in [3.05, 3.63) is 36.4 Å². The fourth-order valence-corrected chi connectivity index (χ4v) is 4.01. The molecule has 0 saturated carbocycles. The Morgan fingerprint density at radius 2 is 1.77 bits per heavy atom. The van der Waals surface area contributed by atoms with Gasteiger partial charge in [0.1, 0.15) is 11.6 Å². The van der Waals surface area contributed by atoms with Crippen molar-refractivity contribution in [2.75, 3.05) is 42.9 Å². The Morgan fingerprint density at radius 1 is 1.00 bits per heavy atom. The van der Waals surface area contributed by atoms with Gasteiger partial charge in [-0.15, -0.1) is 0 Å². The molecule has 1 N–H and O–H groups in total. The monoisotopic (exact) mass is 355 g/mol. The van der Waals surface area contributed by atoms with Crippen molar-refractivity contribution in [2.24, 2.45) is 0 Å². The van der Waals surface area contributed by atoms with Crippen molar-refractivity contribution < 1.29 is 4.42 Å². The first-order valence-corrected chi connectivity index (χ1v) is 9.99. The summed E-state index contributed by atoms with van der Waals surface area (Å²) in [5.74, 6) is 2.78. The number of furan rings is 1. The maximum Gasteiger partial charge on any atom is 0.227 e. The molecular weight excluding hydrogens is 326 g/mol. The maximum absolute atomic E-state index is 5.73. The molecule has 0 aromatic carbocycles. The Hall–Kier alpha value is -2.08. The first-order chi connectivity index (χ1) is 12.9. The van der Waals surface area contributed by atoms with Crippen LogP contribution in [0.4, 0.5) is 11.8 Å². The largest absolute Gasteiger partial charge is 0.468 e. The smallest absolute Gasteiger partial charge is 0.227 e. The number of likely N-dealkylation sites (tertiary alicyclic amines) is 1. The summed E-state index contributed by atoms with van der Waals surface area (Å²) >= 11 is 0. The predicted octanol–water partition coefficient (Wildman–Crippen LogP) is 3.70. The first-order valence-electron chi connectivity index (χ1n) is 9.99. The highest BCUT2D eigenvalue weighted by Crippen LogP contribution is 2.26. The predicted molar refractivity (Wildman–Crippen MR) is 103 cm³/mol. The van der Waals surface area contributed by atoms with Crippen LogP contribution in [0.1, 0.15) is 50.3 Å². The van der Waals surface area contributed by atoms with E-state index in [9.17, 15) is 0 Å². The van der Waals surface area contributed by atoms with Crippen molar-refractivity contribution in [2.45, 2.75) is 44.6 Å². The van der Waals surface area contributed by atoms with E-state index in [2.05, 4.69) is 26.2 Å². The molecule has 0 amide bonds. The highest BCUT2D eigenvalue weighted by molar-refractivity contribution is 5.41. The zero-order chi connectivity index (χ0) is 17.6. The molecule has 1 atom stereocenters. The van der Waals surface area contributed by atoms with E-state index in [4.69, 9.17) is 9.40 Å². The van der Waals surface area contributed by atoms with E-state index in [1.165, 1.54) is 38.5 Å². The summed E-state index contributed by atoms with van der Waals surface area (Å²) < 4.78 is 5.73. The lowest BCUT2D eigenvalue weighted by molar-refractivity contribution is 0.153. The molecule has 0 radical (unpaired) electrons. The number of nitrogens with zero attached hydrogens (tertiary/aromatic N) is 4. The van der Waals surface area contributed by atoms with Crippen LogP contribution < -0.4 is 10.2 Å². The van der Waals surface area contributed by atoms with Crippen LogP contribution in [-0.2, 0) is 0 Å². The van der Waals surface area contributed by atoms with Gasteiger partial charge in [0.25, 0.3) is 0 Å². The van der Waals surface area contributed by atoms with Gasteiger partial charge in [-0.1, -0.05) is 6.42 Å². The quantitative estimate of drug-likeness (QED) is 0.853. The molecule has 6 nitrogen and oxygen atoms in total. The van der Waals surface area contributed by atoms with Crippen molar-refractivity contribution >= 4 is 11.8 Å².